The molecule has 0 aromatic carbocycles. The van der Waals surface area contributed by atoms with Gasteiger partial charge in [0.25, 0.3) is 0 Å². The molecule has 1 aliphatic rings. The second-order valence-corrected chi connectivity index (χ2v) is 5.42. The smallest absolute Gasteiger partial charge is 0.204 e. The number of hydrogen-bond donors (Lipinski definition) is 1. The highest BCUT2D eigenvalue weighted by molar-refractivity contribution is 5.84. The third-order valence-corrected chi connectivity index (χ3v) is 4.05. The molecule has 2 rings (SSSR count). The van der Waals surface area contributed by atoms with E-state index in [0.717, 1.165) is 18.4 Å². The van der Waals surface area contributed by atoms with Gasteiger partial charge in [0.15, 0.2) is 0 Å². The molecule has 6 nitrogen and oxygen atoms in total. The van der Waals surface area contributed by atoms with Crippen molar-refractivity contribution in [2.45, 2.75) is 40.5 Å². The van der Waals surface area contributed by atoms with E-state index in [9.17, 15) is 0 Å². The van der Waals surface area contributed by atoms with Crippen LogP contribution in [0, 0.1) is 5.92 Å². The molecule has 6 heteroatoms. The molecule has 0 saturated carbocycles. The highest BCUT2D eigenvalue weighted by atomic mass is 15.5. The maximum atomic E-state index is 4.31. The number of aromatic amines is 1. The average molecular weight is 298 g/mol. The van der Waals surface area contributed by atoms with Crippen molar-refractivity contribution in [3.63, 3.8) is 0 Å². The Bertz CT molecular complexity index is 661. The van der Waals surface area contributed by atoms with Crippen LogP contribution in [-0.4, -0.2) is 33.2 Å². The van der Waals surface area contributed by atoms with E-state index < -0.39 is 0 Å². The van der Waals surface area contributed by atoms with Crippen LogP contribution >= 0.6 is 0 Å². The van der Waals surface area contributed by atoms with Crippen LogP contribution in [0.2, 0.25) is 0 Å². The molecule has 0 saturated heterocycles. The zero-order chi connectivity index (χ0) is 16.1. The summed E-state index contributed by atoms with van der Waals surface area (Å²) in [5.74, 6) is 1.60. The molecule has 1 atom stereocenters. The van der Waals surface area contributed by atoms with Crippen molar-refractivity contribution in [2.75, 3.05) is 0 Å². The molecular weight excluding hydrogens is 276 g/mol. The van der Waals surface area contributed by atoms with Crippen molar-refractivity contribution >= 4 is 18.1 Å². The molecule has 1 heterocycles. The van der Waals surface area contributed by atoms with Gasteiger partial charge >= 0.3 is 0 Å². The molecule has 1 N–H and O–H groups in total. The fourth-order valence-corrected chi connectivity index (χ4v) is 2.55. The summed E-state index contributed by atoms with van der Waals surface area (Å²) in [4.78, 5) is 8.11. The lowest BCUT2D eigenvalue weighted by Gasteiger charge is -2.24. The van der Waals surface area contributed by atoms with Crippen LogP contribution < -0.4 is 0 Å². The third kappa shape index (κ3) is 3.44. The number of rotatable bonds is 4. The van der Waals surface area contributed by atoms with Crippen molar-refractivity contribution in [1.29, 1.82) is 0 Å². The van der Waals surface area contributed by atoms with Gasteiger partial charge in [-0.1, -0.05) is 18.6 Å². The number of H-pyrrole nitrogens is 1. The molecular formula is C16H22N6. The van der Waals surface area contributed by atoms with E-state index in [-0.39, 0.29) is 5.92 Å². The topological polar surface area (TPSA) is 79.2 Å². The number of nitrogens with one attached hydrogen (secondary N) is 1. The lowest BCUT2D eigenvalue weighted by Crippen LogP contribution is -2.10. The van der Waals surface area contributed by atoms with Gasteiger partial charge in [0, 0.05) is 17.7 Å². The molecule has 116 valence electrons. The van der Waals surface area contributed by atoms with E-state index in [1.54, 1.807) is 0 Å². The maximum Gasteiger partial charge on any atom is 0.204 e. The van der Waals surface area contributed by atoms with Gasteiger partial charge in [0.2, 0.25) is 5.82 Å². The second kappa shape index (κ2) is 7.06. The Morgan fingerprint density at radius 3 is 2.86 bits per heavy atom. The number of allylic oxidation sites excluding steroid dienone is 5. The third-order valence-electron chi connectivity index (χ3n) is 4.05. The monoisotopic (exact) mass is 298 g/mol. The minimum Gasteiger partial charge on any atom is -0.250 e. The Kier molecular flexibility index (Phi) is 5.14. The SMILES string of the molecule is C=N/C(C)=N\C=C(/C)[C@H]1C=C(c2nn[nH]n2)C(C)=C(CC)C1. The largest absolute Gasteiger partial charge is 0.250 e. The van der Waals surface area contributed by atoms with E-state index in [1.165, 1.54) is 16.7 Å². The van der Waals surface area contributed by atoms with E-state index in [1.807, 2.05) is 13.1 Å². The number of aromatic nitrogens is 4. The van der Waals surface area contributed by atoms with Crippen LogP contribution in [0.5, 0.6) is 0 Å². The Labute approximate surface area is 130 Å². The van der Waals surface area contributed by atoms with Crippen LogP contribution in [0.4, 0.5) is 0 Å². The summed E-state index contributed by atoms with van der Waals surface area (Å²) in [7, 11) is 0. The van der Waals surface area contributed by atoms with Gasteiger partial charge in [0.05, 0.1) is 0 Å². The molecule has 0 fully saturated rings. The predicted molar refractivity (Wildman–Crippen MR) is 89.7 cm³/mol. The summed E-state index contributed by atoms with van der Waals surface area (Å²) in [5.41, 5.74) is 4.91. The molecule has 0 aliphatic heterocycles. The highest BCUT2D eigenvalue weighted by Crippen LogP contribution is 2.37. The number of tetrazole rings is 1. The molecule has 1 aromatic rings. The zero-order valence-corrected chi connectivity index (χ0v) is 13.6. The van der Waals surface area contributed by atoms with Gasteiger partial charge in [-0.3, -0.25) is 0 Å². The minimum absolute atomic E-state index is 0.286. The first kappa shape index (κ1) is 16.0. The average Bonchev–Trinajstić information content (AvgIpc) is 3.06. The van der Waals surface area contributed by atoms with Gasteiger partial charge < -0.3 is 0 Å². The van der Waals surface area contributed by atoms with Crippen LogP contribution in [-0.2, 0) is 0 Å². The molecule has 0 radical (unpaired) electrons. The van der Waals surface area contributed by atoms with Crippen molar-refractivity contribution < 1.29 is 0 Å². The molecule has 0 amide bonds. The van der Waals surface area contributed by atoms with Crippen LogP contribution in [0.1, 0.15) is 46.4 Å². The molecule has 22 heavy (non-hydrogen) atoms. The second-order valence-electron chi connectivity index (χ2n) is 5.42. The van der Waals surface area contributed by atoms with Gasteiger partial charge in [-0.05, 0) is 56.7 Å². The van der Waals surface area contributed by atoms with Crippen molar-refractivity contribution in [2.24, 2.45) is 15.9 Å². The molecule has 0 unspecified atom stereocenters. The summed E-state index contributed by atoms with van der Waals surface area (Å²) in [5, 5.41) is 14.4. The lowest BCUT2D eigenvalue weighted by molar-refractivity contribution is 0.706. The number of nitrogens with zero attached hydrogens (tertiary/aromatic N) is 5. The fourth-order valence-electron chi connectivity index (χ4n) is 2.55. The Morgan fingerprint density at radius 2 is 2.27 bits per heavy atom. The number of hydrogen-bond acceptors (Lipinski definition) is 4. The van der Waals surface area contributed by atoms with Gasteiger partial charge in [-0.15, -0.1) is 10.2 Å². The molecule has 1 aromatic heterocycles. The van der Waals surface area contributed by atoms with Gasteiger partial charge in [-0.25, -0.2) is 9.98 Å². The van der Waals surface area contributed by atoms with E-state index >= 15 is 0 Å². The van der Waals surface area contributed by atoms with Gasteiger partial charge in [0.1, 0.15) is 5.84 Å². The van der Waals surface area contributed by atoms with Crippen molar-refractivity contribution in [1.82, 2.24) is 20.6 Å². The standard InChI is InChI=1S/C16H22N6/c1-6-13-7-14(10(2)9-18-12(4)17-5)8-15(11(13)3)16-19-21-22-20-16/h8-9,14H,5-7H2,1-4H3,(H,19,20,21,22)/b10-9+,18-12-/t14-/m1/s1. The first-order valence-corrected chi connectivity index (χ1v) is 7.39. The van der Waals surface area contributed by atoms with Crippen LogP contribution in [0.25, 0.3) is 5.57 Å². The van der Waals surface area contributed by atoms with Crippen LogP contribution in [0.15, 0.2) is 39.0 Å². The minimum atomic E-state index is 0.286. The summed E-state index contributed by atoms with van der Waals surface area (Å²) < 4.78 is 0. The normalized spacial score (nSPS) is 20.2. The Morgan fingerprint density at radius 1 is 1.50 bits per heavy atom. The summed E-state index contributed by atoms with van der Waals surface area (Å²) in [6, 6.07) is 0. The van der Waals surface area contributed by atoms with E-state index in [0.29, 0.717) is 11.7 Å². The first-order chi connectivity index (χ1) is 10.6. The lowest BCUT2D eigenvalue weighted by atomic mass is 9.81. The van der Waals surface area contributed by atoms with Crippen LogP contribution in [0.3, 0.4) is 0 Å². The molecule has 0 spiro atoms. The number of amidine groups is 1. The zero-order valence-electron chi connectivity index (χ0n) is 13.6. The van der Waals surface area contributed by atoms with Crippen molar-refractivity contribution in [3.05, 3.63) is 34.8 Å². The van der Waals surface area contributed by atoms with Crippen molar-refractivity contribution in [3.8, 4) is 0 Å². The Hall–Kier alpha value is -2.37. The maximum absolute atomic E-state index is 4.31. The van der Waals surface area contributed by atoms with Gasteiger partial charge in [-0.2, -0.15) is 5.21 Å². The summed E-state index contributed by atoms with van der Waals surface area (Å²) >= 11 is 0. The molecule has 1 aliphatic carbocycles. The quantitative estimate of drug-likeness (QED) is 0.683. The van der Waals surface area contributed by atoms with E-state index in [4.69, 9.17) is 0 Å². The number of aliphatic imine (C=N–C) groups is 2. The molecule has 0 bridgehead atoms. The Balaban J connectivity index is 2.37. The first-order valence-electron chi connectivity index (χ1n) is 7.39. The van der Waals surface area contributed by atoms with E-state index in [2.05, 4.69) is 64.2 Å². The fraction of sp³-hybridized carbons (Fsp3) is 0.438. The summed E-state index contributed by atoms with van der Waals surface area (Å²) in [6.07, 6.45) is 6.09. The predicted octanol–water partition coefficient (Wildman–Crippen LogP) is 3.35. The highest BCUT2D eigenvalue weighted by Gasteiger charge is 2.22. The summed E-state index contributed by atoms with van der Waals surface area (Å²) in [6.45, 7) is 11.7.